The van der Waals surface area contributed by atoms with E-state index in [1.54, 1.807) is 0 Å². The van der Waals surface area contributed by atoms with E-state index in [-0.39, 0.29) is 12.2 Å². The fourth-order valence-corrected chi connectivity index (χ4v) is 4.41. The first-order chi connectivity index (χ1) is 13.4. The fraction of sp³-hybridized carbons (Fsp3) is 0.650. The van der Waals surface area contributed by atoms with Crippen LogP contribution in [0.1, 0.15) is 43.2 Å². The summed E-state index contributed by atoms with van der Waals surface area (Å²) < 4.78 is 0. The van der Waals surface area contributed by atoms with Crippen molar-refractivity contribution in [3.63, 3.8) is 0 Å². The van der Waals surface area contributed by atoms with Gasteiger partial charge in [-0.2, -0.15) is 0 Å². The van der Waals surface area contributed by atoms with E-state index in [0.29, 0.717) is 31.3 Å². The summed E-state index contributed by atoms with van der Waals surface area (Å²) in [5.41, 5.74) is 7.80. The van der Waals surface area contributed by atoms with Gasteiger partial charge in [-0.3, -0.25) is 4.79 Å². The predicted octanol–water partition coefficient (Wildman–Crippen LogP) is 0.494. The zero-order valence-corrected chi connectivity index (χ0v) is 16.3. The lowest BCUT2D eigenvalue weighted by Gasteiger charge is -2.45. The molecule has 28 heavy (non-hydrogen) atoms. The molecule has 0 aromatic heterocycles. The second-order valence-corrected chi connectivity index (χ2v) is 8.40. The maximum absolute atomic E-state index is 11.8. The number of unbranched alkanes of at least 4 members (excludes halogenated alkanes) is 1. The summed E-state index contributed by atoms with van der Waals surface area (Å²) in [6.45, 7) is 1.76. The quantitative estimate of drug-likeness (QED) is 0.254. The zero-order valence-electron chi connectivity index (χ0n) is 16.3. The Hall–Kier alpha value is -1.45. The third kappa shape index (κ3) is 5.13. The lowest BCUT2D eigenvalue weighted by molar-refractivity contribution is -0.148. The molecule has 0 saturated heterocycles. The summed E-state index contributed by atoms with van der Waals surface area (Å²) in [5.74, 6) is -0.993. The highest BCUT2D eigenvalue weighted by molar-refractivity contribution is 6.40. The molecule has 2 aliphatic rings. The van der Waals surface area contributed by atoms with E-state index in [0.717, 1.165) is 32.4 Å². The van der Waals surface area contributed by atoms with Crippen molar-refractivity contribution in [1.29, 1.82) is 0 Å². The normalized spacial score (nSPS) is 26.0. The number of nitrogens with one attached hydrogen (secondary N) is 2. The average molecular weight is 389 g/mol. The van der Waals surface area contributed by atoms with Crippen LogP contribution in [-0.2, 0) is 17.8 Å². The number of rotatable bonds is 10. The van der Waals surface area contributed by atoms with Crippen molar-refractivity contribution in [2.24, 2.45) is 11.7 Å². The molecule has 3 rings (SSSR count). The molecule has 2 unspecified atom stereocenters. The third-order valence-corrected chi connectivity index (χ3v) is 6.39. The summed E-state index contributed by atoms with van der Waals surface area (Å²) >= 11 is 0. The minimum absolute atomic E-state index is 0.0402. The molecule has 0 amide bonds. The van der Waals surface area contributed by atoms with E-state index in [1.807, 2.05) is 0 Å². The molecule has 1 aromatic rings. The van der Waals surface area contributed by atoms with E-state index in [1.165, 1.54) is 11.1 Å². The Labute approximate surface area is 166 Å². The molecule has 1 heterocycles. The van der Waals surface area contributed by atoms with E-state index in [4.69, 9.17) is 15.8 Å². The van der Waals surface area contributed by atoms with Crippen LogP contribution in [0.3, 0.4) is 0 Å². The largest absolute Gasteiger partial charge is 0.480 e. The Morgan fingerprint density at radius 2 is 1.96 bits per heavy atom. The molecule has 1 saturated carbocycles. The number of aliphatic carboxylic acids is 1. The van der Waals surface area contributed by atoms with Crippen LogP contribution >= 0.6 is 0 Å². The molecule has 0 bridgehead atoms. The minimum atomic E-state index is -1.34. The molecular formula is C20H32BN3O4. The summed E-state index contributed by atoms with van der Waals surface area (Å²) in [5, 5.41) is 34.6. The number of carboxylic acids is 1. The van der Waals surface area contributed by atoms with Gasteiger partial charge in [0.25, 0.3) is 0 Å². The first kappa shape index (κ1) is 21.3. The molecule has 0 spiro atoms. The van der Waals surface area contributed by atoms with Crippen LogP contribution < -0.4 is 16.4 Å². The molecular weight excluding hydrogens is 357 g/mol. The van der Waals surface area contributed by atoms with Crippen molar-refractivity contribution >= 4 is 13.1 Å². The highest BCUT2D eigenvalue weighted by Gasteiger charge is 2.48. The van der Waals surface area contributed by atoms with Gasteiger partial charge in [0.05, 0.1) is 0 Å². The van der Waals surface area contributed by atoms with Crippen molar-refractivity contribution in [3.05, 3.63) is 35.4 Å². The minimum Gasteiger partial charge on any atom is -0.480 e. The molecule has 2 atom stereocenters. The van der Waals surface area contributed by atoms with Crippen LogP contribution in [0, 0.1) is 5.92 Å². The van der Waals surface area contributed by atoms with Crippen LogP contribution in [0.2, 0.25) is 6.32 Å². The van der Waals surface area contributed by atoms with Gasteiger partial charge < -0.3 is 31.5 Å². The van der Waals surface area contributed by atoms with Crippen molar-refractivity contribution < 1.29 is 19.9 Å². The molecule has 1 fully saturated rings. The molecule has 0 radical (unpaired) electrons. The van der Waals surface area contributed by atoms with Crippen molar-refractivity contribution in [2.45, 2.75) is 69.0 Å². The Morgan fingerprint density at radius 1 is 1.25 bits per heavy atom. The smallest absolute Gasteiger partial charge is 0.451 e. The van der Waals surface area contributed by atoms with Crippen LogP contribution in [0.15, 0.2) is 24.3 Å². The Balaban J connectivity index is 1.41. The van der Waals surface area contributed by atoms with Gasteiger partial charge in [0.2, 0.25) is 0 Å². The number of hydrogen-bond acceptors (Lipinski definition) is 6. The molecule has 1 aromatic carbocycles. The Kier molecular flexibility index (Phi) is 7.12. The summed E-state index contributed by atoms with van der Waals surface area (Å²) in [6.07, 6.45) is 4.32. The lowest BCUT2D eigenvalue weighted by Crippen LogP contribution is -2.61. The van der Waals surface area contributed by atoms with E-state index in [2.05, 4.69) is 34.9 Å². The number of carbonyl (C=O) groups is 1. The zero-order chi connectivity index (χ0) is 20.1. The summed E-state index contributed by atoms with van der Waals surface area (Å²) in [4.78, 5) is 11.8. The highest BCUT2D eigenvalue weighted by Crippen LogP contribution is 2.38. The van der Waals surface area contributed by atoms with Gasteiger partial charge in [0, 0.05) is 25.2 Å². The number of carboxylic acid groups (broad SMARTS) is 1. The predicted molar refractivity (Wildman–Crippen MR) is 109 cm³/mol. The first-order valence-electron chi connectivity index (χ1n) is 10.3. The van der Waals surface area contributed by atoms with Crippen LogP contribution in [0.4, 0.5) is 0 Å². The topological polar surface area (TPSA) is 128 Å². The number of hydrogen-bond donors (Lipinski definition) is 6. The van der Waals surface area contributed by atoms with Gasteiger partial charge in [0.1, 0.15) is 5.54 Å². The second kappa shape index (κ2) is 9.37. The van der Waals surface area contributed by atoms with Gasteiger partial charge in [-0.1, -0.05) is 37.1 Å². The molecule has 1 aliphatic carbocycles. The van der Waals surface area contributed by atoms with Gasteiger partial charge in [0.15, 0.2) is 0 Å². The summed E-state index contributed by atoms with van der Waals surface area (Å²) in [6, 6.07) is 9.21. The molecule has 1 aliphatic heterocycles. The number of fused-ring (bicyclic) bond motifs is 1. The van der Waals surface area contributed by atoms with E-state index >= 15 is 0 Å². The van der Waals surface area contributed by atoms with Crippen molar-refractivity contribution in [1.82, 2.24) is 10.6 Å². The van der Waals surface area contributed by atoms with Gasteiger partial charge in [-0.05, 0) is 49.0 Å². The van der Waals surface area contributed by atoms with Crippen LogP contribution in [0.5, 0.6) is 0 Å². The molecule has 7 nitrogen and oxygen atoms in total. The summed E-state index contributed by atoms with van der Waals surface area (Å²) in [7, 11) is -1.34. The second-order valence-electron chi connectivity index (χ2n) is 8.40. The fourth-order valence-electron chi connectivity index (χ4n) is 4.41. The Bertz CT molecular complexity index is 669. The Morgan fingerprint density at radius 3 is 2.64 bits per heavy atom. The van der Waals surface area contributed by atoms with E-state index < -0.39 is 18.6 Å². The first-order valence-corrected chi connectivity index (χ1v) is 10.3. The maximum atomic E-state index is 11.8. The number of benzene rings is 1. The maximum Gasteiger partial charge on any atom is 0.451 e. The standard InChI is InChI=1S/C20H32BN3O4/c22-20(19(25)26,7-3-4-8-21(27)28)16-10-17(11-16)24-13-18-9-14-5-1-2-6-15(14)12-23-18/h1-2,5-6,16-18,23-24,27-28H,3-4,7-13,22H2,(H,25,26). The lowest BCUT2D eigenvalue weighted by atomic mass is 9.66. The van der Waals surface area contributed by atoms with Crippen molar-refractivity contribution in [2.75, 3.05) is 6.54 Å². The molecule has 154 valence electrons. The third-order valence-electron chi connectivity index (χ3n) is 6.39. The van der Waals surface area contributed by atoms with E-state index in [9.17, 15) is 9.90 Å². The number of nitrogens with two attached hydrogens (primary N) is 1. The van der Waals surface area contributed by atoms with Crippen LogP contribution in [-0.4, -0.2) is 52.4 Å². The highest BCUT2D eigenvalue weighted by atomic mass is 16.4. The van der Waals surface area contributed by atoms with Crippen LogP contribution in [0.25, 0.3) is 0 Å². The molecule has 8 heteroatoms. The van der Waals surface area contributed by atoms with Gasteiger partial charge >= 0.3 is 13.1 Å². The van der Waals surface area contributed by atoms with Gasteiger partial charge in [-0.15, -0.1) is 0 Å². The molecule has 7 N–H and O–H groups in total. The SMILES string of the molecule is NC(CCCCB(O)O)(C(=O)O)C1CC(NCC2Cc3ccccc3CN2)C1. The average Bonchev–Trinajstić information content (AvgIpc) is 2.63. The monoisotopic (exact) mass is 389 g/mol. The van der Waals surface area contributed by atoms with Gasteiger partial charge in [-0.25, -0.2) is 0 Å². The van der Waals surface area contributed by atoms with Crippen molar-refractivity contribution in [3.8, 4) is 0 Å².